The minimum Gasteiger partial charge on any atom is -0.0693 e. The Morgan fingerprint density at radius 1 is 0.800 bits per heavy atom. The molecule has 0 amide bonds. The molecule has 0 saturated heterocycles. The van der Waals surface area contributed by atoms with Crippen molar-refractivity contribution in [3.63, 3.8) is 0 Å². The van der Waals surface area contributed by atoms with Crippen molar-refractivity contribution in [2.45, 2.75) is 38.5 Å². The van der Waals surface area contributed by atoms with Gasteiger partial charge in [-0.25, -0.2) is 0 Å². The molecule has 126 valence electrons. The molecule has 0 nitrogen and oxygen atoms in total. The fraction of sp³-hybridized carbons (Fsp3) is 0.250. The van der Waals surface area contributed by atoms with Gasteiger partial charge in [-0.3, -0.25) is 0 Å². The second-order valence-corrected chi connectivity index (χ2v) is 14.0. The lowest BCUT2D eigenvalue weighted by atomic mass is 9.98. The van der Waals surface area contributed by atoms with E-state index in [9.17, 15) is 0 Å². The molecule has 0 heterocycles. The van der Waals surface area contributed by atoms with Gasteiger partial charge in [0.15, 0.2) is 0 Å². The van der Waals surface area contributed by atoms with Gasteiger partial charge in [0.25, 0.3) is 0 Å². The van der Waals surface area contributed by atoms with Crippen LogP contribution in [0.25, 0.3) is 16.3 Å². The number of rotatable bonds is 4. The SMILES string of the molecule is C[Si](C)(C)CC1=C(Cc2ccc3ccccc3c2)Cc2ccccc21. The lowest BCUT2D eigenvalue weighted by Crippen LogP contribution is -2.19. The summed E-state index contributed by atoms with van der Waals surface area (Å²) in [4.78, 5) is 0. The van der Waals surface area contributed by atoms with E-state index in [0.717, 1.165) is 12.8 Å². The first-order valence-electron chi connectivity index (χ1n) is 9.26. The molecule has 0 fully saturated rings. The second kappa shape index (κ2) is 6.31. The van der Waals surface area contributed by atoms with Gasteiger partial charge in [-0.1, -0.05) is 91.9 Å². The van der Waals surface area contributed by atoms with Crippen LogP contribution >= 0.6 is 0 Å². The van der Waals surface area contributed by atoms with E-state index >= 15 is 0 Å². The molecule has 4 rings (SSSR count). The monoisotopic (exact) mass is 342 g/mol. The minimum atomic E-state index is -1.15. The van der Waals surface area contributed by atoms with Gasteiger partial charge in [-0.15, -0.1) is 0 Å². The van der Waals surface area contributed by atoms with Crippen LogP contribution in [0.5, 0.6) is 0 Å². The Kier molecular flexibility index (Phi) is 4.13. The number of benzene rings is 3. The topological polar surface area (TPSA) is 0 Å². The molecule has 3 aromatic rings. The molecule has 0 atom stereocenters. The first-order chi connectivity index (χ1) is 12.0. The Morgan fingerprint density at radius 3 is 2.32 bits per heavy atom. The Labute approximate surface area is 152 Å². The zero-order valence-corrected chi connectivity index (χ0v) is 16.5. The number of hydrogen-bond acceptors (Lipinski definition) is 0. The van der Waals surface area contributed by atoms with Gasteiger partial charge in [0.05, 0.1) is 0 Å². The zero-order valence-electron chi connectivity index (χ0n) is 15.5. The van der Waals surface area contributed by atoms with E-state index < -0.39 is 8.07 Å². The summed E-state index contributed by atoms with van der Waals surface area (Å²) in [6.45, 7) is 7.44. The maximum atomic E-state index is 2.48. The molecule has 0 spiro atoms. The molecule has 1 aliphatic carbocycles. The highest BCUT2D eigenvalue weighted by molar-refractivity contribution is 6.77. The van der Waals surface area contributed by atoms with Crippen molar-refractivity contribution < 1.29 is 0 Å². The van der Waals surface area contributed by atoms with Crippen molar-refractivity contribution in [1.82, 2.24) is 0 Å². The molecule has 0 radical (unpaired) electrons. The van der Waals surface area contributed by atoms with Crippen molar-refractivity contribution in [2.24, 2.45) is 0 Å². The molecule has 1 aliphatic rings. The van der Waals surface area contributed by atoms with E-state index in [1.807, 2.05) is 0 Å². The predicted octanol–water partition coefficient (Wildman–Crippen LogP) is 6.73. The molecular formula is C24H26Si. The fourth-order valence-electron chi connectivity index (χ4n) is 4.01. The summed E-state index contributed by atoms with van der Waals surface area (Å²) < 4.78 is 0. The summed E-state index contributed by atoms with van der Waals surface area (Å²) in [6.07, 6.45) is 2.21. The van der Waals surface area contributed by atoms with Crippen LogP contribution in [0, 0.1) is 0 Å². The normalized spacial score (nSPS) is 14.2. The second-order valence-electron chi connectivity index (χ2n) is 8.51. The van der Waals surface area contributed by atoms with Gasteiger partial charge in [0, 0.05) is 8.07 Å². The van der Waals surface area contributed by atoms with Crippen LogP contribution in [0.1, 0.15) is 16.7 Å². The molecule has 3 aromatic carbocycles. The predicted molar refractivity (Wildman–Crippen MR) is 113 cm³/mol. The summed E-state index contributed by atoms with van der Waals surface area (Å²) in [6, 6.07) is 25.9. The van der Waals surface area contributed by atoms with Crippen LogP contribution in [-0.2, 0) is 12.8 Å². The molecule has 0 unspecified atom stereocenters. The average Bonchev–Trinajstić information content (AvgIpc) is 2.91. The van der Waals surface area contributed by atoms with Crippen LogP contribution in [0.15, 0.2) is 72.3 Å². The van der Waals surface area contributed by atoms with E-state index in [1.165, 1.54) is 33.5 Å². The molecular weight excluding hydrogens is 316 g/mol. The van der Waals surface area contributed by atoms with Gasteiger partial charge in [-0.2, -0.15) is 0 Å². The third-order valence-corrected chi connectivity index (χ3v) is 6.53. The van der Waals surface area contributed by atoms with Gasteiger partial charge in [-0.05, 0) is 51.9 Å². The highest BCUT2D eigenvalue weighted by Crippen LogP contribution is 2.39. The lowest BCUT2D eigenvalue weighted by molar-refractivity contribution is 1.07. The lowest BCUT2D eigenvalue weighted by Gasteiger charge is -2.19. The van der Waals surface area contributed by atoms with E-state index in [4.69, 9.17) is 0 Å². The maximum absolute atomic E-state index is 2.48. The zero-order chi connectivity index (χ0) is 17.4. The van der Waals surface area contributed by atoms with Crippen LogP contribution < -0.4 is 0 Å². The number of fused-ring (bicyclic) bond motifs is 2. The van der Waals surface area contributed by atoms with Gasteiger partial charge < -0.3 is 0 Å². The molecule has 0 bridgehead atoms. The van der Waals surface area contributed by atoms with Crippen LogP contribution in [0.3, 0.4) is 0 Å². The van der Waals surface area contributed by atoms with Crippen LogP contribution in [0.2, 0.25) is 25.7 Å². The highest BCUT2D eigenvalue weighted by Gasteiger charge is 2.25. The molecule has 25 heavy (non-hydrogen) atoms. The van der Waals surface area contributed by atoms with Crippen molar-refractivity contribution in [3.8, 4) is 0 Å². The third kappa shape index (κ3) is 3.47. The first kappa shape index (κ1) is 16.4. The Balaban J connectivity index is 1.72. The van der Waals surface area contributed by atoms with Crippen LogP contribution in [-0.4, -0.2) is 8.07 Å². The maximum Gasteiger partial charge on any atom is 0.0487 e. The van der Waals surface area contributed by atoms with Crippen molar-refractivity contribution in [3.05, 3.63) is 89.0 Å². The summed E-state index contributed by atoms with van der Waals surface area (Å²) >= 11 is 0. The average molecular weight is 343 g/mol. The standard InChI is InChI=1S/C24H26Si/c1-25(2,3)17-24-22(16-21-10-6-7-11-23(21)24)15-18-12-13-19-8-4-5-9-20(19)14-18/h4-14H,15-17H2,1-3H3. The largest absolute Gasteiger partial charge is 0.0693 e. The van der Waals surface area contributed by atoms with E-state index in [1.54, 1.807) is 11.1 Å². The Hall–Kier alpha value is -2.12. The fourth-order valence-corrected chi connectivity index (χ4v) is 5.51. The van der Waals surface area contributed by atoms with E-state index in [2.05, 4.69) is 86.4 Å². The summed E-state index contributed by atoms with van der Waals surface area (Å²) in [7, 11) is -1.15. The van der Waals surface area contributed by atoms with E-state index in [-0.39, 0.29) is 0 Å². The quantitative estimate of drug-likeness (QED) is 0.461. The summed E-state index contributed by atoms with van der Waals surface area (Å²) in [5.41, 5.74) is 7.75. The van der Waals surface area contributed by atoms with Crippen molar-refractivity contribution in [1.29, 1.82) is 0 Å². The Morgan fingerprint density at radius 2 is 1.52 bits per heavy atom. The van der Waals surface area contributed by atoms with Crippen molar-refractivity contribution in [2.75, 3.05) is 0 Å². The third-order valence-electron chi connectivity index (χ3n) is 5.11. The molecule has 0 aromatic heterocycles. The number of allylic oxidation sites excluding steroid dienone is 2. The van der Waals surface area contributed by atoms with Crippen LogP contribution in [0.4, 0.5) is 0 Å². The molecule has 0 saturated carbocycles. The number of hydrogen-bond donors (Lipinski definition) is 0. The molecule has 0 aliphatic heterocycles. The van der Waals surface area contributed by atoms with Gasteiger partial charge in [0.2, 0.25) is 0 Å². The van der Waals surface area contributed by atoms with Crippen molar-refractivity contribution >= 4 is 24.4 Å². The van der Waals surface area contributed by atoms with Gasteiger partial charge >= 0.3 is 0 Å². The summed E-state index contributed by atoms with van der Waals surface area (Å²) in [5.74, 6) is 0. The van der Waals surface area contributed by atoms with E-state index in [0.29, 0.717) is 0 Å². The molecule has 1 heteroatoms. The minimum absolute atomic E-state index is 1.08. The van der Waals surface area contributed by atoms with Gasteiger partial charge in [0.1, 0.15) is 0 Å². The summed E-state index contributed by atoms with van der Waals surface area (Å²) in [5, 5.41) is 2.68. The molecule has 0 N–H and O–H groups in total. The highest BCUT2D eigenvalue weighted by atomic mass is 28.3. The smallest absolute Gasteiger partial charge is 0.0487 e. The Bertz CT molecular complexity index is 957. The first-order valence-corrected chi connectivity index (χ1v) is 13.0.